The van der Waals surface area contributed by atoms with Crippen molar-refractivity contribution in [1.82, 2.24) is 24.6 Å². The summed E-state index contributed by atoms with van der Waals surface area (Å²) in [6, 6.07) is 7.66. The topological polar surface area (TPSA) is 77.2 Å². The van der Waals surface area contributed by atoms with Gasteiger partial charge in [0.15, 0.2) is 5.65 Å². The zero-order valence-electron chi connectivity index (χ0n) is 17.1. The van der Waals surface area contributed by atoms with Crippen LogP contribution in [0.15, 0.2) is 36.7 Å². The van der Waals surface area contributed by atoms with Gasteiger partial charge in [0.1, 0.15) is 17.3 Å². The summed E-state index contributed by atoms with van der Waals surface area (Å²) in [5.74, 6) is 7.90. The van der Waals surface area contributed by atoms with Crippen molar-refractivity contribution in [1.29, 1.82) is 0 Å². The molecule has 4 aromatic heterocycles. The quantitative estimate of drug-likeness (QED) is 0.480. The maximum Gasteiger partial charge on any atom is 0.157 e. The van der Waals surface area contributed by atoms with Crippen LogP contribution >= 0.6 is 11.3 Å². The number of aromatic nitrogens is 5. The van der Waals surface area contributed by atoms with E-state index < -0.39 is 0 Å². The smallest absolute Gasteiger partial charge is 0.157 e. The van der Waals surface area contributed by atoms with Crippen molar-refractivity contribution in [2.75, 3.05) is 12.4 Å². The SMILES string of the molecule is COc1ccc(C#CCCc2cc(NCc3sc(C)nc3C)n3nccc3n2)nc1. The molecular weight excluding hydrogens is 396 g/mol. The fourth-order valence-electron chi connectivity index (χ4n) is 3.05. The minimum absolute atomic E-state index is 0.692. The molecule has 0 unspecified atom stereocenters. The van der Waals surface area contributed by atoms with Crippen LogP contribution in [0.5, 0.6) is 5.75 Å². The number of fused-ring (bicyclic) bond motifs is 1. The monoisotopic (exact) mass is 418 g/mol. The predicted molar refractivity (Wildman–Crippen MR) is 118 cm³/mol. The Morgan fingerprint density at radius 2 is 2.10 bits per heavy atom. The number of nitrogens with one attached hydrogen (secondary N) is 1. The van der Waals surface area contributed by atoms with Crippen LogP contribution in [0.1, 0.15) is 33.4 Å². The highest BCUT2D eigenvalue weighted by Gasteiger charge is 2.09. The van der Waals surface area contributed by atoms with Gasteiger partial charge in [0, 0.05) is 35.5 Å². The first-order chi connectivity index (χ1) is 14.6. The second-order valence-electron chi connectivity index (χ2n) is 6.71. The van der Waals surface area contributed by atoms with E-state index in [1.807, 2.05) is 42.6 Å². The Morgan fingerprint density at radius 1 is 1.20 bits per heavy atom. The minimum Gasteiger partial charge on any atom is -0.495 e. The summed E-state index contributed by atoms with van der Waals surface area (Å²) in [7, 11) is 1.62. The van der Waals surface area contributed by atoms with Gasteiger partial charge in [-0.25, -0.2) is 15.0 Å². The minimum atomic E-state index is 0.692. The Balaban J connectivity index is 1.45. The van der Waals surface area contributed by atoms with Crippen molar-refractivity contribution in [2.24, 2.45) is 0 Å². The molecule has 0 fully saturated rings. The van der Waals surface area contributed by atoms with Crippen LogP contribution in [0, 0.1) is 25.7 Å². The highest BCUT2D eigenvalue weighted by molar-refractivity contribution is 7.11. The number of pyridine rings is 1. The van der Waals surface area contributed by atoms with Gasteiger partial charge in [-0.3, -0.25) is 0 Å². The maximum atomic E-state index is 5.11. The lowest BCUT2D eigenvalue weighted by molar-refractivity contribution is 0.413. The number of rotatable bonds is 6. The van der Waals surface area contributed by atoms with Crippen LogP contribution in [-0.4, -0.2) is 31.7 Å². The summed E-state index contributed by atoms with van der Waals surface area (Å²) in [5, 5.41) is 8.95. The Kier molecular flexibility index (Phi) is 5.91. The molecule has 0 aromatic carbocycles. The van der Waals surface area contributed by atoms with Crippen molar-refractivity contribution < 1.29 is 4.74 Å². The van der Waals surface area contributed by atoms with Crippen LogP contribution in [0.2, 0.25) is 0 Å². The first kappa shape index (κ1) is 19.9. The zero-order valence-corrected chi connectivity index (χ0v) is 18.0. The molecule has 0 aliphatic heterocycles. The van der Waals surface area contributed by atoms with Crippen LogP contribution in [0.4, 0.5) is 5.82 Å². The summed E-state index contributed by atoms with van der Waals surface area (Å²) < 4.78 is 6.93. The third kappa shape index (κ3) is 4.58. The maximum absolute atomic E-state index is 5.11. The Morgan fingerprint density at radius 3 is 2.83 bits per heavy atom. The molecule has 0 radical (unpaired) electrons. The van der Waals surface area contributed by atoms with E-state index in [-0.39, 0.29) is 0 Å². The van der Waals surface area contributed by atoms with Crippen molar-refractivity contribution in [2.45, 2.75) is 33.2 Å². The molecule has 4 heterocycles. The van der Waals surface area contributed by atoms with E-state index in [4.69, 9.17) is 9.72 Å². The number of thiazole rings is 1. The van der Waals surface area contributed by atoms with E-state index in [2.05, 4.69) is 32.2 Å². The van der Waals surface area contributed by atoms with Crippen LogP contribution in [-0.2, 0) is 13.0 Å². The highest BCUT2D eigenvalue weighted by Crippen LogP contribution is 2.20. The number of aryl methyl sites for hydroxylation is 3. The molecule has 1 N–H and O–H groups in total. The predicted octanol–water partition coefficient (Wildman–Crippen LogP) is 3.80. The molecule has 0 saturated carbocycles. The first-order valence-electron chi connectivity index (χ1n) is 9.62. The molecule has 4 aromatic rings. The summed E-state index contributed by atoms with van der Waals surface area (Å²) in [5.41, 5.74) is 3.59. The summed E-state index contributed by atoms with van der Waals surface area (Å²) >= 11 is 1.71. The van der Waals surface area contributed by atoms with E-state index in [9.17, 15) is 0 Å². The summed E-state index contributed by atoms with van der Waals surface area (Å²) in [4.78, 5) is 14.7. The van der Waals surface area contributed by atoms with Crippen LogP contribution in [0.3, 0.4) is 0 Å². The lowest BCUT2D eigenvalue weighted by Crippen LogP contribution is -2.07. The fraction of sp³-hybridized carbons (Fsp3) is 0.273. The Hall–Kier alpha value is -3.44. The van der Waals surface area contributed by atoms with E-state index in [0.29, 0.717) is 13.0 Å². The number of hydrogen-bond donors (Lipinski definition) is 1. The van der Waals surface area contributed by atoms with E-state index >= 15 is 0 Å². The van der Waals surface area contributed by atoms with Gasteiger partial charge < -0.3 is 10.1 Å². The second-order valence-corrected chi connectivity index (χ2v) is 8.00. The van der Waals surface area contributed by atoms with Crippen molar-refractivity contribution in [3.63, 3.8) is 0 Å². The number of methoxy groups -OCH3 is 1. The van der Waals surface area contributed by atoms with Crippen molar-refractivity contribution >= 4 is 22.8 Å². The van der Waals surface area contributed by atoms with Gasteiger partial charge in [-0.1, -0.05) is 5.92 Å². The number of anilines is 1. The molecule has 0 aliphatic carbocycles. The summed E-state index contributed by atoms with van der Waals surface area (Å²) in [6.45, 7) is 4.77. The highest BCUT2D eigenvalue weighted by atomic mass is 32.1. The lowest BCUT2D eigenvalue weighted by atomic mass is 10.2. The molecule has 0 aliphatic rings. The third-order valence-corrected chi connectivity index (χ3v) is 5.61. The standard InChI is InChI=1S/C22H22N6OS/c1-15-20(30-16(2)26-15)14-24-22-12-18(27-21-10-11-25-28(21)22)7-5-4-6-17-8-9-19(29-3)13-23-17/h8-13,24H,5,7,14H2,1-3H3. The zero-order chi connectivity index (χ0) is 20.9. The molecule has 0 bridgehead atoms. The molecule has 7 nitrogen and oxygen atoms in total. The molecule has 152 valence electrons. The molecule has 30 heavy (non-hydrogen) atoms. The van der Waals surface area contributed by atoms with Gasteiger partial charge in [-0.15, -0.1) is 11.3 Å². The van der Waals surface area contributed by atoms with Gasteiger partial charge >= 0.3 is 0 Å². The molecular formula is C22H22N6OS. The molecule has 4 rings (SSSR count). The van der Waals surface area contributed by atoms with E-state index in [1.165, 1.54) is 4.88 Å². The number of nitrogens with zero attached hydrogens (tertiary/aromatic N) is 5. The lowest BCUT2D eigenvalue weighted by Gasteiger charge is -2.09. The second kappa shape index (κ2) is 8.93. The molecule has 0 amide bonds. The molecule has 8 heteroatoms. The van der Waals surface area contributed by atoms with Crippen LogP contribution < -0.4 is 10.1 Å². The average molecular weight is 419 g/mol. The largest absolute Gasteiger partial charge is 0.495 e. The van der Waals surface area contributed by atoms with Gasteiger partial charge in [-0.2, -0.15) is 9.61 Å². The first-order valence-corrected chi connectivity index (χ1v) is 10.4. The van der Waals surface area contributed by atoms with Crippen molar-refractivity contribution in [3.8, 4) is 17.6 Å². The molecule has 0 spiro atoms. The molecule has 0 atom stereocenters. The van der Waals surface area contributed by atoms with Crippen LogP contribution in [0.25, 0.3) is 5.65 Å². The fourth-order valence-corrected chi connectivity index (χ4v) is 3.92. The van der Waals surface area contributed by atoms with E-state index in [1.54, 1.807) is 30.8 Å². The van der Waals surface area contributed by atoms with E-state index in [0.717, 1.165) is 45.7 Å². The Bertz CT molecular complexity index is 1220. The van der Waals surface area contributed by atoms with Gasteiger partial charge in [0.2, 0.25) is 0 Å². The van der Waals surface area contributed by atoms with Gasteiger partial charge in [0.05, 0.1) is 36.7 Å². The average Bonchev–Trinajstić information content (AvgIpc) is 3.35. The normalized spacial score (nSPS) is 10.6. The van der Waals surface area contributed by atoms with Gasteiger partial charge in [0.25, 0.3) is 0 Å². The number of ether oxygens (including phenoxy) is 1. The summed E-state index contributed by atoms with van der Waals surface area (Å²) in [6.07, 6.45) is 4.87. The van der Waals surface area contributed by atoms with Crippen molar-refractivity contribution in [3.05, 3.63) is 63.6 Å². The van der Waals surface area contributed by atoms with Gasteiger partial charge in [-0.05, 0) is 31.9 Å². The molecule has 0 saturated heterocycles. The third-order valence-electron chi connectivity index (χ3n) is 4.54. The number of hydrogen-bond acceptors (Lipinski definition) is 7. The Labute approximate surface area is 179 Å².